The molecule has 0 saturated heterocycles. The van der Waals surface area contributed by atoms with E-state index in [-0.39, 0.29) is 5.69 Å². The Labute approximate surface area is 102 Å². The Balaban J connectivity index is 2.38. The molecule has 1 heterocycles. The Morgan fingerprint density at radius 2 is 2.18 bits per heavy atom. The van der Waals surface area contributed by atoms with E-state index in [0.29, 0.717) is 11.7 Å². The van der Waals surface area contributed by atoms with Crippen LogP contribution in [0.15, 0.2) is 12.1 Å². The zero-order valence-corrected chi connectivity index (χ0v) is 10.6. The van der Waals surface area contributed by atoms with Gasteiger partial charge in [0, 0.05) is 6.54 Å². The van der Waals surface area contributed by atoms with Gasteiger partial charge in [0.25, 0.3) is 0 Å². The highest BCUT2D eigenvalue weighted by Crippen LogP contribution is 2.06. The summed E-state index contributed by atoms with van der Waals surface area (Å²) in [6.07, 6.45) is 2.28. The summed E-state index contributed by atoms with van der Waals surface area (Å²) in [6.45, 7) is 5.26. The molecule has 1 N–H and O–H groups in total. The van der Waals surface area contributed by atoms with Crippen LogP contribution >= 0.6 is 0 Å². The van der Waals surface area contributed by atoms with Crippen molar-refractivity contribution in [1.82, 2.24) is 10.2 Å². The second kappa shape index (κ2) is 6.83. The Bertz CT molecular complexity index is 349. The Morgan fingerprint density at radius 3 is 2.71 bits per heavy atom. The van der Waals surface area contributed by atoms with Crippen molar-refractivity contribution < 1.29 is 9.53 Å². The first-order chi connectivity index (χ1) is 8.13. The van der Waals surface area contributed by atoms with Gasteiger partial charge in [-0.05, 0) is 30.9 Å². The van der Waals surface area contributed by atoms with Gasteiger partial charge in [0.2, 0.25) is 0 Å². The molecule has 0 atom stereocenters. The van der Waals surface area contributed by atoms with Crippen LogP contribution in [-0.4, -0.2) is 29.8 Å². The Kier molecular flexibility index (Phi) is 5.39. The third kappa shape index (κ3) is 4.80. The first-order valence-corrected chi connectivity index (χ1v) is 5.79. The van der Waals surface area contributed by atoms with E-state index in [1.54, 1.807) is 12.1 Å². The van der Waals surface area contributed by atoms with Crippen LogP contribution in [0.3, 0.4) is 0 Å². The zero-order chi connectivity index (χ0) is 12.7. The summed E-state index contributed by atoms with van der Waals surface area (Å²) < 4.78 is 4.54. The van der Waals surface area contributed by atoms with Crippen molar-refractivity contribution in [2.75, 3.05) is 19.0 Å². The maximum Gasteiger partial charge on any atom is 0.358 e. The number of hydrogen-bond acceptors (Lipinski definition) is 5. The number of methoxy groups -OCH3 is 1. The number of nitrogens with zero attached hydrogens (tertiary/aromatic N) is 2. The van der Waals surface area contributed by atoms with Crippen LogP contribution in [0.4, 0.5) is 5.82 Å². The highest BCUT2D eigenvalue weighted by Gasteiger charge is 2.07. The summed E-state index contributed by atoms with van der Waals surface area (Å²) in [4.78, 5) is 11.1. The van der Waals surface area contributed by atoms with Gasteiger partial charge in [0.1, 0.15) is 5.82 Å². The van der Waals surface area contributed by atoms with Crippen molar-refractivity contribution in [1.29, 1.82) is 0 Å². The lowest BCUT2D eigenvalue weighted by Crippen LogP contribution is -2.09. The van der Waals surface area contributed by atoms with E-state index in [1.165, 1.54) is 13.5 Å². The molecule has 0 radical (unpaired) electrons. The maximum absolute atomic E-state index is 11.1. The molecule has 1 rings (SSSR count). The summed E-state index contributed by atoms with van der Waals surface area (Å²) in [6, 6.07) is 3.33. The van der Waals surface area contributed by atoms with Crippen LogP contribution in [0.1, 0.15) is 37.2 Å². The molecule has 0 amide bonds. The second-order valence-corrected chi connectivity index (χ2v) is 4.26. The third-order valence-electron chi connectivity index (χ3n) is 2.32. The summed E-state index contributed by atoms with van der Waals surface area (Å²) in [7, 11) is 1.32. The third-order valence-corrected chi connectivity index (χ3v) is 2.32. The molecule has 0 aliphatic carbocycles. The largest absolute Gasteiger partial charge is 0.464 e. The minimum atomic E-state index is -0.469. The van der Waals surface area contributed by atoms with Crippen molar-refractivity contribution in [3.63, 3.8) is 0 Å². The number of ether oxygens (including phenoxy) is 1. The highest BCUT2D eigenvalue weighted by molar-refractivity contribution is 5.86. The predicted octanol–water partition coefficient (Wildman–Crippen LogP) is 2.11. The van der Waals surface area contributed by atoms with E-state index in [1.807, 2.05) is 0 Å². The fourth-order valence-electron chi connectivity index (χ4n) is 1.37. The molecule has 5 heteroatoms. The fraction of sp³-hybridized carbons (Fsp3) is 0.583. The van der Waals surface area contributed by atoms with Crippen molar-refractivity contribution in [3.8, 4) is 0 Å². The van der Waals surface area contributed by atoms with Crippen LogP contribution in [0.5, 0.6) is 0 Å². The van der Waals surface area contributed by atoms with Gasteiger partial charge in [0.05, 0.1) is 7.11 Å². The maximum atomic E-state index is 11.1. The monoisotopic (exact) mass is 237 g/mol. The van der Waals surface area contributed by atoms with E-state index in [4.69, 9.17) is 0 Å². The fourth-order valence-corrected chi connectivity index (χ4v) is 1.37. The van der Waals surface area contributed by atoms with Crippen molar-refractivity contribution in [2.24, 2.45) is 5.92 Å². The van der Waals surface area contributed by atoms with Gasteiger partial charge in [-0.2, -0.15) is 0 Å². The summed E-state index contributed by atoms with van der Waals surface area (Å²) in [5.41, 5.74) is 0.222. The van der Waals surface area contributed by atoms with Crippen LogP contribution in [-0.2, 0) is 4.74 Å². The van der Waals surface area contributed by atoms with Crippen molar-refractivity contribution >= 4 is 11.8 Å². The lowest BCUT2D eigenvalue weighted by molar-refractivity contribution is 0.0593. The molecule has 1 aromatic rings. The van der Waals surface area contributed by atoms with Gasteiger partial charge >= 0.3 is 5.97 Å². The molecule has 1 aromatic heterocycles. The average molecular weight is 237 g/mol. The van der Waals surface area contributed by atoms with Gasteiger partial charge in [-0.15, -0.1) is 10.2 Å². The van der Waals surface area contributed by atoms with Crippen LogP contribution in [0.25, 0.3) is 0 Å². The van der Waals surface area contributed by atoms with E-state index < -0.39 is 5.97 Å². The molecule has 17 heavy (non-hydrogen) atoms. The van der Waals surface area contributed by atoms with Gasteiger partial charge in [-0.3, -0.25) is 0 Å². The van der Waals surface area contributed by atoms with Gasteiger partial charge < -0.3 is 10.1 Å². The molecule has 5 nitrogen and oxygen atoms in total. The molecule has 0 aliphatic heterocycles. The molecule has 0 aliphatic rings. The molecule has 0 saturated carbocycles. The molecule has 0 bridgehead atoms. The zero-order valence-electron chi connectivity index (χ0n) is 10.6. The molecule has 0 aromatic carbocycles. The lowest BCUT2D eigenvalue weighted by Gasteiger charge is -2.06. The molecular formula is C12H19N3O2. The number of anilines is 1. The van der Waals surface area contributed by atoms with Crippen molar-refractivity contribution in [2.45, 2.75) is 26.7 Å². The summed E-state index contributed by atoms with van der Waals surface area (Å²) in [5, 5.41) is 10.8. The number of esters is 1. The van der Waals surface area contributed by atoms with Crippen LogP contribution in [0.2, 0.25) is 0 Å². The molecule has 0 unspecified atom stereocenters. The lowest BCUT2D eigenvalue weighted by atomic mass is 10.1. The topological polar surface area (TPSA) is 64.1 Å². The number of aromatic nitrogens is 2. The first kappa shape index (κ1) is 13.4. The highest BCUT2D eigenvalue weighted by atomic mass is 16.5. The average Bonchev–Trinajstić information content (AvgIpc) is 2.34. The molecular weight excluding hydrogens is 218 g/mol. The standard InChI is InChI=1S/C12H19N3O2/c1-9(2)5-4-8-13-11-7-6-10(14-15-11)12(16)17-3/h6-7,9H,4-5,8H2,1-3H3,(H,13,15). The van der Waals surface area contributed by atoms with E-state index in [9.17, 15) is 4.79 Å². The number of carbonyl (C=O) groups is 1. The number of carbonyl (C=O) groups excluding carboxylic acids is 1. The van der Waals surface area contributed by atoms with Gasteiger partial charge in [-0.25, -0.2) is 4.79 Å². The number of nitrogens with one attached hydrogen (secondary N) is 1. The Morgan fingerprint density at radius 1 is 1.41 bits per heavy atom. The smallest absolute Gasteiger partial charge is 0.358 e. The molecule has 0 spiro atoms. The van der Waals surface area contributed by atoms with Crippen molar-refractivity contribution in [3.05, 3.63) is 17.8 Å². The first-order valence-electron chi connectivity index (χ1n) is 5.79. The van der Waals surface area contributed by atoms with E-state index in [0.717, 1.165) is 13.0 Å². The normalized spacial score (nSPS) is 10.4. The van der Waals surface area contributed by atoms with E-state index >= 15 is 0 Å². The van der Waals surface area contributed by atoms with Crippen LogP contribution in [0, 0.1) is 5.92 Å². The minimum absolute atomic E-state index is 0.222. The molecule has 0 fully saturated rings. The van der Waals surface area contributed by atoms with E-state index in [2.05, 4.69) is 34.1 Å². The number of hydrogen-bond donors (Lipinski definition) is 1. The molecule has 94 valence electrons. The van der Waals surface area contributed by atoms with Gasteiger partial charge in [0.15, 0.2) is 5.69 Å². The van der Waals surface area contributed by atoms with Gasteiger partial charge in [-0.1, -0.05) is 13.8 Å². The predicted molar refractivity (Wildman–Crippen MR) is 65.9 cm³/mol. The SMILES string of the molecule is COC(=O)c1ccc(NCCCC(C)C)nn1. The van der Waals surface area contributed by atoms with Crippen LogP contribution < -0.4 is 5.32 Å². The summed E-state index contributed by atoms with van der Waals surface area (Å²) >= 11 is 0. The minimum Gasteiger partial charge on any atom is -0.464 e. The second-order valence-electron chi connectivity index (χ2n) is 4.26. The Hall–Kier alpha value is -1.65. The quantitative estimate of drug-likeness (QED) is 0.606. The summed E-state index contributed by atoms with van der Waals surface area (Å²) in [5.74, 6) is 0.926. The number of rotatable bonds is 6.